The molecule has 1 aliphatic heterocycles. The Morgan fingerprint density at radius 3 is 2.76 bits per heavy atom. The molecule has 1 atom stereocenters. The number of aliphatic hydroxyl groups excluding tert-OH is 1. The predicted molar refractivity (Wildman–Crippen MR) is 129 cm³/mol. The van der Waals surface area contributed by atoms with Gasteiger partial charge in [-0.25, -0.2) is 4.98 Å². The first-order chi connectivity index (χ1) is 16.5. The fourth-order valence-corrected chi connectivity index (χ4v) is 5.66. The molecule has 8 nitrogen and oxygen atoms in total. The van der Waals surface area contributed by atoms with Crippen LogP contribution in [0.4, 0.5) is 0 Å². The fourth-order valence-electron chi connectivity index (χ4n) is 4.53. The molecule has 5 rings (SSSR count). The number of methoxy groups -OCH3 is 2. The zero-order chi connectivity index (χ0) is 23.8. The van der Waals surface area contributed by atoms with Crippen molar-refractivity contribution in [2.24, 2.45) is 0 Å². The Labute approximate surface area is 200 Å². The minimum absolute atomic E-state index is 0.0921. The number of carboxylic acids is 1. The molecule has 4 aromatic rings. The summed E-state index contributed by atoms with van der Waals surface area (Å²) in [5.41, 5.74) is 4.25. The molecular formula is C25H25N3O5S. The van der Waals surface area contributed by atoms with Gasteiger partial charge in [0.25, 0.3) is 0 Å². The number of hydrogen-bond acceptors (Lipinski definition) is 7. The number of carbonyl (C=O) groups is 1. The second-order valence-electron chi connectivity index (χ2n) is 8.20. The molecular weight excluding hydrogens is 454 g/mol. The molecule has 0 saturated heterocycles. The van der Waals surface area contributed by atoms with Crippen molar-refractivity contribution < 1.29 is 24.5 Å². The van der Waals surface area contributed by atoms with E-state index in [1.54, 1.807) is 31.8 Å². The van der Waals surface area contributed by atoms with E-state index in [0.29, 0.717) is 36.6 Å². The maximum atomic E-state index is 12.4. The largest absolute Gasteiger partial charge is 0.493 e. The normalized spacial score (nSPS) is 14.7. The van der Waals surface area contributed by atoms with Crippen LogP contribution in [0.15, 0.2) is 42.6 Å². The zero-order valence-corrected chi connectivity index (χ0v) is 19.7. The number of aliphatic carboxylic acids is 1. The Hall–Kier alpha value is -3.40. The van der Waals surface area contributed by atoms with Gasteiger partial charge in [-0.1, -0.05) is 6.07 Å². The van der Waals surface area contributed by atoms with E-state index in [9.17, 15) is 15.0 Å². The molecule has 0 amide bonds. The van der Waals surface area contributed by atoms with Gasteiger partial charge >= 0.3 is 5.97 Å². The van der Waals surface area contributed by atoms with Crippen LogP contribution < -0.4 is 9.47 Å². The molecule has 3 N–H and O–H groups in total. The zero-order valence-electron chi connectivity index (χ0n) is 18.9. The molecule has 1 aliphatic rings. The lowest BCUT2D eigenvalue weighted by Crippen LogP contribution is -2.37. The molecule has 2 aromatic carbocycles. The van der Waals surface area contributed by atoms with Gasteiger partial charge in [-0.05, 0) is 35.9 Å². The van der Waals surface area contributed by atoms with Crippen molar-refractivity contribution in [1.82, 2.24) is 14.9 Å². The predicted octanol–water partition coefficient (Wildman–Crippen LogP) is 3.98. The highest BCUT2D eigenvalue weighted by atomic mass is 32.1. The van der Waals surface area contributed by atoms with E-state index in [1.807, 2.05) is 41.3 Å². The van der Waals surface area contributed by atoms with Gasteiger partial charge in [-0.2, -0.15) is 0 Å². The molecule has 34 heavy (non-hydrogen) atoms. The van der Waals surface area contributed by atoms with E-state index in [0.717, 1.165) is 37.6 Å². The van der Waals surface area contributed by atoms with Gasteiger partial charge in [-0.15, -0.1) is 11.3 Å². The molecule has 2 aromatic heterocycles. The monoisotopic (exact) mass is 479 g/mol. The third-order valence-corrected chi connectivity index (χ3v) is 7.38. The second kappa shape index (κ2) is 9.09. The minimum atomic E-state index is -0.900. The standard InChI is InChI=1S/C25H25N3O5S/c1-32-20-6-4-15(10-21(20)33-2)24-27-19-7-8-28(12-22(19)34-24)23(25(30)31)17-11-26-18-5-3-14(13-29)9-16(17)18/h3-6,9-11,23,26,29H,7-8,12-13H2,1-2H3,(H,30,31)/t23-/m0/s1. The summed E-state index contributed by atoms with van der Waals surface area (Å²) in [6.07, 6.45) is 2.44. The van der Waals surface area contributed by atoms with Crippen molar-refractivity contribution in [2.75, 3.05) is 20.8 Å². The van der Waals surface area contributed by atoms with E-state index in [-0.39, 0.29) is 6.61 Å². The van der Waals surface area contributed by atoms with Crippen LogP contribution in [-0.2, 0) is 24.4 Å². The molecule has 176 valence electrons. The first-order valence-corrected chi connectivity index (χ1v) is 11.7. The van der Waals surface area contributed by atoms with Gasteiger partial charge < -0.3 is 24.7 Å². The molecule has 0 bridgehead atoms. The van der Waals surface area contributed by atoms with Crippen LogP contribution >= 0.6 is 11.3 Å². The summed E-state index contributed by atoms with van der Waals surface area (Å²) in [5.74, 6) is 0.400. The number of rotatable bonds is 7. The number of thiazole rings is 1. The number of aliphatic hydroxyl groups is 1. The molecule has 0 unspecified atom stereocenters. The number of nitrogens with zero attached hydrogens (tertiary/aromatic N) is 2. The van der Waals surface area contributed by atoms with Crippen molar-refractivity contribution in [3.05, 3.63) is 64.3 Å². The smallest absolute Gasteiger partial charge is 0.325 e. The van der Waals surface area contributed by atoms with Gasteiger partial charge in [-0.3, -0.25) is 9.69 Å². The van der Waals surface area contributed by atoms with E-state index in [4.69, 9.17) is 14.5 Å². The highest BCUT2D eigenvalue weighted by molar-refractivity contribution is 7.15. The highest BCUT2D eigenvalue weighted by Crippen LogP contribution is 2.39. The number of benzene rings is 2. The van der Waals surface area contributed by atoms with Crippen molar-refractivity contribution in [1.29, 1.82) is 0 Å². The number of aromatic amines is 1. The molecule has 3 heterocycles. The first kappa shape index (κ1) is 22.4. The lowest BCUT2D eigenvalue weighted by atomic mass is 10.0. The highest BCUT2D eigenvalue weighted by Gasteiger charge is 2.33. The van der Waals surface area contributed by atoms with Crippen LogP contribution in [0.5, 0.6) is 11.5 Å². The number of hydrogen-bond donors (Lipinski definition) is 3. The quantitative estimate of drug-likeness (QED) is 0.368. The number of fused-ring (bicyclic) bond motifs is 2. The summed E-state index contributed by atoms with van der Waals surface area (Å²) in [5, 5.41) is 21.4. The van der Waals surface area contributed by atoms with Gasteiger partial charge in [0.2, 0.25) is 0 Å². The molecule has 0 aliphatic carbocycles. The Bertz CT molecular complexity index is 1360. The van der Waals surface area contributed by atoms with Gasteiger partial charge in [0.15, 0.2) is 11.5 Å². The molecule has 0 radical (unpaired) electrons. The minimum Gasteiger partial charge on any atom is -0.493 e. The third-order valence-electron chi connectivity index (χ3n) is 6.25. The van der Waals surface area contributed by atoms with Crippen LogP contribution in [0.1, 0.15) is 27.7 Å². The van der Waals surface area contributed by atoms with Crippen LogP contribution in [-0.4, -0.2) is 51.8 Å². The molecule has 9 heteroatoms. The van der Waals surface area contributed by atoms with Crippen molar-refractivity contribution in [2.45, 2.75) is 25.6 Å². The average molecular weight is 480 g/mol. The Kier molecular flexibility index (Phi) is 5.99. The summed E-state index contributed by atoms with van der Waals surface area (Å²) in [6.45, 7) is 1.00. The van der Waals surface area contributed by atoms with Crippen LogP contribution in [0.2, 0.25) is 0 Å². The topological polar surface area (TPSA) is 108 Å². The first-order valence-electron chi connectivity index (χ1n) is 10.9. The van der Waals surface area contributed by atoms with E-state index in [1.165, 1.54) is 0 Å². The number of nitrogens with one attached hydrogen (secondary N) is 1. The molecule has 0 fully saturated rings. The Balaban J connectivity index is 1.46. The third kappa shape index (κ3) is 3.91. The van der Waals surface area contributed by atoms with Crippen LogP contribution in [0, 0.1) is 0 Å². The van der Waals surface area contributed by atoms with Crippen LogP contribution in [0.3, 0.4) is 0 Å². The maximum absolute atomic E-state index is 12.4. The SMILES string of the molecule is COc1ccc(-c2nc3c(s2)CN([C@H](C(=O)O)c2c[nH]c4ccc(CO)cc24)CC3)cc1OC. The maximum Gasteiger partial charge on any atom is 0.325 e. The number of ether oxygens (including phenoxy) is 2. The van der Waals surface area contributed by atoms with E-state index < -0.39 is 12.0 Å². The summed E-state index contributed by atoms with van der Waals surface area (Å²) in [4.78, 5) is 23.5. The van der Waals surface area contributed by atoms with Gasteiger partial charge in [0, 0.05) is 52.6 Å². The lowest BCUT2D eigenvalue weighted by Gasteiger charge is -2.31. The van der Waals surface area contributed by atoms with Crippen LogP contribution in [0.25, 0.3) is 21.5 Å². The fraction of sp³-hybridized carbons (Fsp3) is 0.280. The summed E-state index contributed by atoms with van der Waals surface area (Å²) in [7, 11) is 3.21. The second-order valence-corrected chi connectivity index (χ2v) is 9.29. The average Bonchev–Trinajstić information content (AvgIpc) is 3.47. The summed E-state index contributed by atoms with van der Waals surface area (Å²) < 4.78 is 10.8. The Morgan fingerprint density at radius 1 is 1.21 bits per heavy atom. The lowest BCUT2D eigenvalue weighted by molar-refractivity contribution is -0.144. The van der Waals surface area contributed by atoms with E-state index in [2.05, 4.69) is 4.98 Å². The Morgan fingerprint density at radius 2 is 2.03 bits per heavy atom. The number of carboxylic acid groups (broad SMARTS) is 1. The number of aromatic nitrogens is 2. The van der Waals surface area contributed by atoms with Gasteiger partial charge in [0.1, 0.15) is 11.0 Å². The van der Waals surface area contributed by atoms with Crippen molar-refractivity contribution in [3.63, 3.8) is 0 Å². The molecule has 0 spiro atoms. The van der Waals surface area contributed by atoms with Crippen molar-refractivity contribution in [3.8, 4) is 22.1 Å². The van der Waals surface area contributed by atoms with Gasteiger partial charge in [0.05, 0.1) is 26.5 Å². The molecule has 0 saturated carbocycles. The van der Waals surface area contributed by atoms with E-state index >= 15 is 0 Å². The summed E-state index contributed by atoms with van der Waals surface area (Å²) in [6, 6.07) is 10.5. The van der Waals surface area contributed by atoms with Crippen molar-refractivity contribution >= 4 is 28.2 Å². The summed E-state index contributed by atoms with van der Waals surface area (Å²) >= 11 is 1.58. The number of H-pyrrole nitrogens is 1.